The van der Waals surface area contributed by atoms with Crippen LogP contribution in [0.4, 0.5) is 0 Å². The lowest BCUT2D eigenvalue weighted by Crippen LogP contribution is -2.46. The Kier molecular flexibility index (Phi) is 6.40. The fraction of sp³-hybridized carbons (Fsp3) is 0.778. The van der Waals surface area contributed by atoms with E-state index in [9.17, 15) is 4.79 Å². The highest BCUT2D eigenvalue weighted by molar-refractivity contribution is 7.80. The van der Waals surface area contributed by atoms with E-state index in [0.717, 1.165) is 6.54 Å². The summed E-state index contributed by atoms with van der Waals surface area (Å²) in [5.41, 5.74) is 5.52. The number of hydrogen-bond acceptors (Lipinski definition) is 3. The van der Waals surface area contributed by atoms with Crippen LogP contribution in [-0.4, -0.2) is 41.5 Å². The maximum Gasteiger partial charge on any atom is 0.234 e. The monoisotopic (exact) mass is 217 g/mol. The van der Waals surface area contributed by atoms with Crippen LogP contribution in [0.3, 0.4) is 0 Å². The zero-order chi connectivity index (χ0) is 11.1. The Bertz CT molecular complexity index is 208. The molecule has 82 valence electrons. The maximum atomic E-state index is 11.3. The molecule has 0 bridgehead atoms. The minimum atomic E-state index is -0.0300. The first kappa shape index (κ1) is 13.3. The summed E-state index contributed by atoms with van der Waals surface area (Å²) in [7, 11) is 0. The standard InChI is InChI=1S/C9H19N3OS/c1-4-11-8(13)6-12(5-2)7(3)9(10)14/h7H,4-6H2,1-3H3,(H2,10,14)(H,11,13). The van der Waals surface area contributed by atoms with E-state index in [4.69, 9.17) is 18.0 Å². The first-order valence-corrected chi connectivity index (χ1v) is 5.23. The minimum absolute atomic E-state index is 0.0115. The lowest BCUT2D eigenvalue weighted by atomic mass is 10.2. The number of likely N-dealkylation sites (N-methyl/N-ethyl adjacent to an activating group) is 2. The summed E-state index contributed by atoms with van der Waals surface area (Å²) < 4.78 is 0. The molecule has 0 heterocycles. The van der Waals surface area contributed by atoms with Gasteiger partial charge in [-0.25, -0.2) is 0 Å². The van der Waals surface area contributed by atoms with Crippen molar-refractivity contribution < 1.29 is 4.79 Å². The fourth-order valence-electron chi connectivity index (χ4n) is 1.14. The van der Waals surface area contributed by atoms with Crippen LogP contribution in [0.15, 0.2) is 0 Å². The van der Waals surface area contributed by atoms with Crippen LogP contribution in [0.25, 0.3) is 0 Å². The van der Waals surface area contributed by atoms with E-state index in [0.29, 0.717) is 18.1 Å². The van der Waals surface area contributed by atoms with E-state index in [-0.39, 0.29) is 11.9 Å². The van der Waals surface area contributed by atoms with Gasteiger partial charge in [-0.1, -0.05) is 19.1 Å². The van der Waals surface area contributed by atoms with E-state index in [2.05, 4.69) is 5.32 Å². The molecule has 5 heteroatoms. The molecule has 0 fully saturated rings. The molecule has 0 aliphatic rings. The van der Waals surface area contributed by atoms with Gasteiger partial charge in [-0.3, -0.25) is 9.69 Å². The van der Waals surface area contributed by atoms with Crippen LogP contribution in [0.5, 0.6) is 0 Å². The predicted molar refractivity (Wildman–Crippen MR) is 62.2 cm³/mol. The normalized spacial score (nSPS) is 12.6. The molecule has 1 unspecified atom stereocenters. The second-order valence-electron chi connectivity index (χ2n) is 3.09. The highest BCUT2D eigenvalue weighted by Gasteiger charge is 2.16. The molecule has 4 nitrogen and oxygen atoms in total. The summed E-state index contributed by atoms with van der Waals surface area (Å²) in [5, 5.41) is 2.74. The number of amides is 1. The molecule has 3 N–H and O–H groups in total. The van der Waals surface area contributed by atoms with Gasteiger partial charge in [-0.2, -0.15) is 0 Å². The van der Waals surface area contributed by atoms with Gasteiger partial charge in [-0.15, -0.1) is 0 Å². The van der Waals surface area contributed by atoms with Gasteiger partial charge < -0.3 is 11.1 Å². The largest absolute Gasteiger partial charge is 0.392 e. The molecule has 0 saturated carbocycles. The molecule has 1 amide bonds. The van der Waals surface area contributed by atoms with Crippen molar-refractivity contribution in [1.29, 1.82) is 0 Å². The molecular weight excluding hydrogens is 198 g/mol. The first-order valence-electron chi connectivity index (χ1n) is 4.82. The van der Waals surface area contributed by atoms with Gasteiger partial charge >= 0.3 is 0 Å². The Morgan fingerprint density at radius 1 is 1.57 bits per heavy atom. The molecule has 0 aromatic rings. The highest BCUT2D eigenvalue weighted by Crippen LogP contribution is 1.98. The third-order valence-electron chi connectivity index (χ3n) is 2.09. The van der Waals surface area contributed by atoms with Crippen molar-refractivity contribution in [2.45, 2.75) is 26.8 Å². The number of rotatable bonds is 6. The molecule has 0 rings (SSSR count). The zero-order valence-corrected chi connectivity index (χ0v) is 9.86. The van der Waals surface area contributed by atoms with Gasteiger partial charge in [0.25, 0.3) is 0 Å². The third-order valence-corrected chi connectivity index (χ3v) is 2.43. The van der Waals surface area contributed by atoms with Gasteiger partial charge in [0.15, 0.2) is 0 Å². The number of nitrogens with two attached hydrogens (primary N) is 1. The van der Waals surface area contributed by atoms with Crippen molar-refractivity contribution in [3.63, 3.8) is 0 Å². The van der Waals surface area contributed by atoms with Gasteiger partial charge in [0.05, 0.1) is 17.6 Å². The molecule has 0 aromatic carbocycles. The van der Waals surface area contributed by atoms with Crippen molar-refractivity contribution in [1.82, 2.24) is 10.2 Å². The SMILES string of the molecule is CCNC(=O)CN(CC)C(C)C(N)=S. The lowest BCUT2D eigenvalue weighted by Gasteiger charge is -2.25. The second-order valence-corrected chi connectivity index (χ2v) is 3.57. The van der Waals surface area contributed by atoms with Crippen LogP contribution in [-0.2, 0) is 4.79 Å². The Hall–Kier alpha value is -0.680. The van der Waals surface area contributed by atoms with E-state index >= 15 is 0 Å². The first-order chi connectivity index (χ1) is 6.52. The highest BCUT2D eigenvalue weighted by atomic mass is 32.1. The average Bonchev–Trinajstić information content (AvgIpc) is 2.13. The summed E-state index contributed by atoms with van der Waals surface area (Å²) in [5.74, 6) is 0.0115. The van der Waals surface area contributed by atoms with Crippen molar-refractivity contribution in [3.8, 4) is 0 Å². The molecule has 0 aliphatic heterocycles. The summed E-state index contributed by atoms with van der Waals surface area (Å²) in [6, 6.07) is -0.0300. The van der Waals surface area contributed by atoms with Gasteiger partial charge in [-0.05, 0) is 20.4 Å². The predicted octanol–water partition coefficient (Wildman–Crippen LogP) is 0.119. The van der Waals surface area contributed by atoms with Crippen molar-refractivity contribution >= 4 is 23.1 Å². The number of hydrogen-bond donors (Lipinski definition) is 2. The van der Waals surface area contributed by atoms with Crippen LogP contribution in [0.1, 0.15) is 20.8 Å². The van der Waals surface area contributed by atoms with Gasteiger partial charge in [0.1, 0.15) is 0 Å². The van der Waals surface area contributed by atoms with E-state index in [1.807, 2.05) is 25.7 Å². The Morgan fingerprint density at radius 3 is 2.50 bits per heavy atom. The quantitative estimate of drug-likeness (QED) is 0.620. The van der Waals surface area contributed by atoms with Crippen LogP contribution in [0, 0.1) is 0 Å². The minimum Gasteiger partial charge on any atom is -0.392 e. The van der Waals surface area contributed by atoms with Crippen molar-refractivity contribution in [2.24, 2.45) is 5.73 Å². The molecule has 1 atom stereocenters. The summed E-state index contributed by atoms with van der Waals surface area (Å²) in [4.78, 5) is 13.7. The van der Waals surface area contributed by atoms with Crippen LogP contribution in [0.2, 0.25) is 0 Å². The Labute approximate surface area is 90.8 Å². The smallest absolute Gasteiger partial charge is 0.234 e. The zero-order valence-electron chi connectivity index (χ0n) is 9.04. The molecule has 14 heavy (non-hydrogen) atoms. The molecule has 0 saturated heterocycles. The Morgan fingerprint density at radius 2 is 2.14 bits per heavy atom. The average molecular weight is 217 g/mol. The summed E-state index contributed by atoms with van der Waals surface area (Å²) in [6.07, 6.45) is 0. The molecule has 0 spiro atoms. The van der Waals surface area contributed by atoms with E-state index in [1.54, 1.807) is 0 Å². The molecule has 0 aliphatic carbocycles. The summed E-state index contributed by atoms with van der Waals surface area (Å²) in [6.45, 7) is 7.54. The topological polar surface area (TPSA) is 58.4 Å². The number of thiocarbonyl (C=S) groups is 1. The number of nitrogens with zero attached hydrogens (tertiary/aromatic N) is 1. The van der Waals surface area contributed by atoms with Crippen molar-refractivity contribution in [2.75, 3.05) is 19.6 Å². The molecule has 0 radical (unpaired) electrons. The Balaban J connectivity index is 4.14. The van der Waals surface area contributed by atoms with Gasteiger partial charge in [0.2, 0.25) is 5.91 Å². The van der Waals surface area contributed by atoms with Crippen LogP contribution >= 0.6 is 12.2 Å². The summed E-state index contributed by atoms with van der Waals surface area (Å²) >= 11 is 4.88. The van der Waals surface area contributed by atoms with E-state index < -0.39 is 0 Å². The van der Waals surface area contributed by atoms with Crippen LogP contribution < -0.4 is 11.1 Å². The number of carbonyl (C=O) groups excluding carboxylic acids is 1. The molecular formula is C9H19N3OS. The van der Waals surface area contributed by atoms with Crippen molar-refractivity contribution in [3.05, 3.63) is 0 Å². The maximum absolute atomic E-state index is 11.3. The van der Waals surface area contributed by atoms with Gasteiger partial charge in [0, 0.05) is 6.54 Å². The second kappa shape index (κ2) is 6.73. The molecule has 0 aromatic heterocycles. The number of carbonyl (C=O) groups is 1. The number of nitrogens with one attached hydrogen (secondary N) is 1. The fourth-order valence-corrected chi connectivity index (χ4v) is 1.29. The lowest BCUT2D eigenvalue weighted by molar-refractivity contribution is -0.122. The third kappa shape index (κ3) is 4.53. The van der Waals surface area contributed by atoms with E-state index in [1.165, 1.54) is 0 Å².